The summed E-state index contributed by atoms with van der Waals surface area (Å²) in [5.74, 6) is 0.275. The van der Waals surface area contributed by atoms with E-state index in [4.69, 9.17) is 4.52 Å². The molecule has 0 N–H and O–H groups in total. The van der Waals surface area contributed by atoms with Gasteiger partial charge in [0.15, 0.2) is 5.76 Å². The third-order valence-corrected chi connectivity index (χ3v) is 4.85. The van der Waals surface area contributed by atoms with Gasteiger partial charge in [0.05, 0.1) is 12.2 Å². The van der Waals surface area contributed by atoms with Gasteiger partial charge in [-0.1, -0.05) is 21.1 Å². The second-order valence-electron chi connectivity index (χ2n) is 5.93. The van der Waals surface area contributed by atoms with Crippen LogP contribution in [0, 0.1) is 5.82 Å². The molecule has 0 fully saturated rings. The van der Waals surface area contributed by atoms with Crippen LogP contribution in [0.1, 0.15) is 21.6 Å². The first kappa shape index (κ1) is 16.0. The van der Waals surface area contributed by atoms with Gasteiger partial charge in [-0.2, -0.15) is 0 Å². The fraction of sp³-hybridized carbons (Fsp3) is 0.158. The normalized spacial score (nSPS) is 13.6. The first-order chi connectivity index (χ1) is 12.1. The summed E-state index contributed by atoms with van der Waals surface area (Å²) in [6.45, 7) is 1.03. The Bertz CT molecular complexity index is 920. The summed E-state index contributed by atoms with van der Waals surface area (Å²) in [6.07, 6.45) is 0.641. The number of hydrogen-bond donors (Lipinski definition) is 0. The van der Waals surface area contributed by atoms with Gasteiger partial charge in [-0.05, 0) is 48.5 Å². The van der Waals surface area contributed by atoms with Crippen molar-refractivity contribution in [2.75, 3.05) is 6.54 Å². The molecule has 0 saturated carbocycles. The second-order valence-corrected chi connectivity index (χ2v) is 6.84. The number of aromatic nitrogens is 1. The van der Waals surface area contributed by atoms with E-state index in [0.29, 0.717) is 30.8 Å². The van der Waals surface area contributed by atoms with Crippen molar-refractivity contribution in [3.8, 4) is 11.3 Å². The number of amides is 1. The lowest BCUT2D eigenvalue weighted by Crippen LogP contribution is -2.35. The molecule has 4 rings (SSSR count). The van der Waals surface area contributed by atoms with Crippen LogP contribution >= 0.6 is 15.9 Å². The summed E-state index contributed by atoms with van der Waals surface area (Å²) in [6, 6.07) is 13.4. The van der Waals surface area contributed by atoms with E-state index in [0.717, 1.165) is 21.3 Å². The zero-order valence-electron chi connectivity index (χ0n) is 13.2. The standard InChI is InChI=1S/C19H14BrFN2O2/c20-14-5-1-13(2-6-14)19(24)23-10-9-17-16(11-23)18(25-22-17)12-3-7-15(21)8-4-12/h1-8H,9-11H2. The van der Waals surface area contributed by atoms with Gasteiger partial charge in [0.25, 0.3) is 5.91 Å². The van der Waals surface area contributed by atoms with Gasteiger partial charge in [0.1, 0.15) is 5.82 Å². The molecule has 25 heavy (non-hydrogen) atoms. The third-order valence-electron chi connectivity index (χ3n) is 4.32. The molecule has 0 bridgehead atoms. The zero-order valence-corrected chi connectivity index (χ0v) is 14.8. The van der Waals surface area contributed by atoms with Crippen LogP contribution < -0.4 is 0 Å². The molecule has 3 aromatic rings. The topological polar surface area (TPSA) is 46.3 Å². The molecule has 6 heteroatoms. The Morgan fingerprint density at radius 1 is 1.12 bits per heavy atom. The van der Waals surface area contributed by atoms with Gasteiger partial charge < -0.3 is 9.42 Å². The highest BCUT2D eigenvalue weighted by molar-refractivity contribution is 9.10. The second kappa shape index (κ2) is 6.44. The van der Waals surface area contributed by atoms with Gasteiger partial charge in [-0.3, -0.25) is 4.79 Å². The Morgan fingerprint density at radius 2 is 1.84 bits per heavy atom. The number of hydrogen-bond acceptors (Lipinski definition) is 3. The fourth-order valence-corrected chi connectivity index (χ4v) is 3.25. The number of fused-ring (bicyclic) bond motifs is 1. The van der Waals surface area contributed by atoms with Crippen LogP contribution in [0.15, 0.2) is 57.5 Å². The average molecular weight is 401 g/mol. The van der Waals surface area contributed by atoms with Crippen LogP contribution in [-0.4, -0.2) is 22.5 Å². The van der Waals surface area contributed by atoms with Crippen molar-refractivity contribution in [3.05, 3.63) is 75.6 Å². The summed E-state index contributed by atoms with van der Waals surface area (Å²) >= 11 is 3.37. The summed E-state index contributed by atoms with van der Waals surface area (Å²) in [5, 5.41) is 4.12. The van der Waals surface area contributed by atoms with Crippen molar-refractivity contribution >= 4 is 21.8 Å². The van der Waals surface area contributed by atoms with Crippen LogP contribution in [0.5, 0.6) is 0 Å². The van der Waals surface area contributed by atoms with E-state index in [9.17, 15) is 9.18 Å². The number of rotatable bonds is 2. The minimum atomic E-state index is -0.302. The average Bonchev–Trinajstić information content (AvgIpc) is 3.05. The van der Waals surface area contributed by atoms with Crippen LogP contribution in [0.2, 0.25) is 0 Å². The molecular weight excluding hydrogens is 387 g/mol. The highest BCUT2D eigenvalue weighted by atomic mass is 79.9. The quantitative estimate of drug-likeness (QED) is 0.638. The predicted octanol–water partition coefficient (Wildman–Crippen LogP) is 4.44. The van der Waals surface area contributed by atoms with Crippen LogP contribution in [-0.2, 0) is 13.0 Å². The fourth-order valence-electron chi connectivity index (χ4n) is 2.99. The number of nitrogens with zero attached hydrogens (tertiary/aromatic N) is 2. The molecule has 0 spiro atoms. The molecule has 1 aliphatic heterocycles. The first-order valence-electron chi connectivity index (χ1n) is 7.90. The molecule has 2 aromatic carbocycles. The number of carbonyl (C=O) groups excluding carboxylic acids is 1. The van der Waals surface area contributed by atoms with E-state index >= 15 is 0 Å². The summed E-state index contributed by atoms with van der Waals surface area (Å²) in [7, 11) is 0. The molecule has 1 aliphatic rings. The molecule has 0 radical (unpaired) electrons. The smallest absolute Gasteiger partial charge is 0.254 e. The number of benzene rings is 2. The SMILES string of the molecule is O=C(c1ccc(Br)cc1)N1CCc2noc(-c3ccc(F)cc3)c2C1. The lowest BCUT2D eigenvalue weighted by atomic mass is 10.0. The van der Waals surface area contributed by atoms with E-state index in [-0.39, 0.29) is 11.7 Å². The summed E-state index contributed by atoms with van der Waals surface area (Å²) in [4.78, 5) is 14.5. The van der Waals surface area contributed by atoms with E-state index in [1.54, 1.807) is 29.2 Å². The maximum Gasteiger partial charge on any atom is 0.254 e. The van der Waals surface area contributed by atoms with E-state index < -0.39 is 0 Å². The number of carbonyl (C=O) groups is 1. The molecule has 0 saturated heterocycles. The van der Waals surface area contributed by atoms with Crippen LogP contribution in [0.3, 0.4) is 0 Å². The molecule has 0 aliphatic carbocycles. The lowest BCUT2D eigenvalue weighted by molar-refractivity contribution is 0.0734. The van der Waals surface area contributed by atoms with Crippen LogP contribution in [0.4, 0.5) is 4.39 Å². The van der Waals surface area contributed by atoms with E-state index in [2.05, 4.69) is 21.1 Å². The Hall–Kier alpha value is -2.47. The van der Waals surface area contributed by atoms with Crippen molar-refractivity contribution in [3.63, 3.8) is 0 Å². The Kier molecular flexibility index (Phi) is 4.13. The highest BCUT2D eigenvalue weighted by Crippen LogP contribution is 2.31. The van der Waals surface area contributed by atoms with Crippen LogP contribution in [0.25, 0.3) is 11.3 Å². The van der Waals surface area contributed by atoms with Gasteiger partial charge in [-0.25, -0.2) is 4.39 Å². The molecule has 2 heterocycles. The summed E-state index contributed by atoms with van der Waals surface area (Å²) in [5.41, 5.74) is 3.15. The molecule has 0 unspecified atom stereocenters. The molecule has 126 valence electrons. The molecule has 4 nitrogen and oxygen atoms in total. The molecule has 1 amide bonds. The predicted molar refractivity (Wildman–Crippen MR) is 94.5 cm³/mol. The Balaban J connectivity index is 1.62. The van der Waals surface area contributed by atoms with Gasteiger partial charge >= 0.3 is 0 Å². The third kappa shape index (κ3) is 3.09. The Morgan fingerprint density at radius 3 is 2.56 bits per heavy atom. The van der Waals surface area contributed by atoms with Crippen molar-refractivity contribution < 1.29 is 13.7 Å². The monoisotopic (exact) mass is 400 g/mol. The van der Waals surface area contributed by atoms with Crippen molar-refractivity contribution in [2.24, 2.45) is 0 Å². The number of halogens is 2. The largest absolute Gasteiger partial charge is 0.356 e. The maximum atomic E-state index is 13.1. The Labute approximate surface area is 152 Å². The lowest BCUT2D eigenvalue weighted by Gasteiger charge is -2.26. The van der Waals surface area contributed by atoms with Gasteiger partial charge in [-0.15, -0.1) is 0 Å². The molecule has 1 aromatic heterocycles. The molecular formula is C19H14BrFN2O2. The summed E-state index contributed by atoms with van der Waals surface area (Å²) < 4.78 is 19.6. The van der Waals surface area contributed by atoms with Gasteiger partial charge in [0, 0.05) is 34.1 Å². The van der Waals surface area contributed by atoms with E-state index in [1.807, 2.05) is 12.1 Å². The van der Waals surface area contributed by atoms with E-state index in [1.165, 1.54) is 12.1 Å². The van der Waals surface area contributed by atoms with Gasteiger partial charge in [0.2, 0.25) is 0 Å². The highest BCUT2D eigenvalue weighted by Gasteiger charge is 2.28. The van der Waals surface area contributed by atoms with Crippen molar-refractivity contribution in [2.45, 2.75) is 13.0 Å². The molecule has 0 atom stereocenters. The first-order valence-corrected chi connectivity index (χ1v) is 8.69. The van der Waals surface area contributed by atoms with Crippen molar-refractivity contribution in [1.29, 1.82) is 0 Å². The minimum absolute atomic E-state index is 0.0237. The minimum Gasteiger partial charge on any atom is -0.356 e. The zero-order chi connectivity index (χ0) is 17.4. The van der Waals surface area contributed by atoms with Crippen molar-refractivity contribution in [1.82, 2.24) is 10.1 Å². The maximum absolute atomic E-state index is 13.1.